The van der Waals surface area contributed by atoms with Crippen molar-refractivity contribution in [3.63, 3.8) is 0 Å². The normalized spacial score (nSPS) is 20.1. The Balaban J connectivity index is 1.06. The van der Waals surface area contributed by atoms with Crippen LogP contribution in [0.15, 0.2) is 48.8 Å². The van der Waals surface area contributed by atoms with E-state index < -0.39 is 6.04 Å². The van der Waals surface area contributed by atoms with Gasteiger partial charge in [0.15, 0.2) is 0 Å². The van der Waals surface area contributed by atoms with Crippen LogP contribution in [0.1, 0.15) is 36.8 Å². The number of fused-ring (bicyclic) bond motifs is 3. The van der Waals surface area contributed by atoms with Gasteiger partial charge >= 0.3 is 6.03 Å². The summed E-state index contributed by atoms with van der Waals surface area (Å²) < 4.78 is 0. The number of hydrogen-bond acceptors (Lipinski definition) is 6. The van der Waals surface area contributed by atoms with Crippen LogP contribution in [0.5, 0.6) is 11.5 Å². The van der Waals surface area contributed by atoms with E-state index in [-0.39, 0.29) is 47.8 Å². The Hall–Kier alpha value is -4.32. The van der Waals surface area contributed by atoms with E-state index in [9.17, 15) is 24.6 Å². The summed E-state index contributed by atoms with van der Waals surface area (Å²) in [6.07, 6.45) is 7.23. The van der Waals surface area contributed by atoms with Crippen molar-refractivity contribution in [2.75, 3.05) is 12.3 Å². The highest BCUT2D eigenvalue weighted by molar-refractivity contribution is 8.00. The van der Waals surface area contributed by atoms with Crippen molar-refractivity contribution in [3.05, 3.63) is 59.9 Å². The van der Waals surface area contributed by atoms with Crippen molar-refractivity contribution >= 4 is 51.4 Å². The lowest BCUT2D eigenvalue weighted by Gasteiger charge is -2.19. The van der Waals surface area contributed by atoms with Gasteiger partial charge in [0.25, 0.3) is 0 Å². The van der Waals surface area contributed by atoms with Crippen molar-refractivity contribution in [1.29, 1.82) is 0 Å². The third-order valence-corrected chi connectivity index (χ3v) is 9.86. The van der Waals surface area contributed by atoms with E-state index in [1.165, 1.54) is 0 Å². The number of urea groups is 1. The Morgan fingerprint density at radius 1 is 0.953 bits per heavy atom. The monoisotopic (exact) mass is 604 g/mol. The van der Waals surface area contributed by atoms with Gasteiger partial charge in [0.05, 0.1) is 12.1 Å². The second kappa shape index (κ2) is 12.5. The predicted molar refractivity (Wildman–Crippen MR) is 166 cm³/mol. The van der Waals surface area contributed by atoms with Gasteiger partial charge in [-0.25, -0.2) is 4.79 Å². The molecule has 4 amide bonds. The molecule has 2 aliphatic heterocycles. The highest BCUT2D eigenvalue weighted by atomic mass is 32.2. The average Bonchev–Trinajstić information content (AvgIpc) is 3.75. The van der Waals surface area contributed by atoms with Crippen LogP contribution in [-0.4, -0.2) is 73.7 Å². The molecular weight excluding hydrogens is 568 g/mol. The number of nitrogens with one attached hydrogen (secondary N) is 6. The second-order valence-electron chi connectivity index (χ2n) is 11.3. The Labute approximate surface area is 252 Å². The van der Waals surface area contributed by atoms with Gasteiger partial charge in [0.1, 0.15) is 17.5 Å². The first-order chi connectivity index (χ1) is 20.8. The molecule has 2 aliphatic rings. The zero-order valence-corrected chi connectivity index (χ0v) is 24.4. The van der Waals surface area contributed by atoms with E-state index in [0.717, 1.165) is 51.5 Å². The van der Waals surface area contributed by atoms with Gasteiger partial charge in [0, 0.05) is 64.6 Å². The van der Waals surface area contributed by atoms with Crippen molar-refractivity contribution in [1.82, 2.24) is 31.2 Å². The van der Waals surface area contributed by atoms with Crippen LogP contribution in [0.4, 0.5) is 4.79 Å². The van der Waals surface area contributed by atoms with E-state index in [2.05, 4.69) is 31.2 Å². The van der Waals surface area contributed by atoms with E-state index in [1.807, 2.05) is 24.0 Å². The quantitative estimate of drug-likeness (QED) is 0.0912. The van der Waals surface area contributed by atoms with Crippen molar-refractivity contribution < 1.29 is 24.6 Å². The third-order valence-electron chi connectivity index (χ3n) is 8.35. The maximum Gasteiger partial charge on any atom is 0.315 e. The largest absolute Gasteiger partial charge is 0.508 e. The molecule has 12 heteroatoms. The molecule has 0 saturated carbocycles. The minimum Gasteiger partial charge on any atom is -0.508 e. The molecular formula is C31H36N6O5S. The van der Waals surface area contributed by atoms with Crippen LogP contribution >= 0.6 is 11.8 Å². The molecule has 43 heavy (non-hydrogen) atoms. The zero-order valence-electron chi connectivity index (χ0n) is 23.6. The number of phenols is 2. The molecule has 0 radical (unpaired) electrons. The van der Waals surface area contributed by atoms with Crippen LogP contribution in [0, 0.1) is 0 Å². The summed E-state index contributed by atoms with van der Waals surface area (Å²) in [5.74, 6) is 0.729. The number of thioether (sulfide) groups is 1. The lowest BCUT2D eigenvalue weighted by molar-refractivity contribution is -0.129. The summed E-state index contributed by atoms with van der Waals surface area (Å²) in [5.41, 5.74) is 3.53. The van der Waals surface area contributed by atoms with Crippen LogP contribution < -0.4 is 21.3 Å². The number of unbranched alkanes of at least 4 members (excludes halogenated alkanes) is 1. The number of aromatic hydroxyl groups is 2. The van der Waals surface area contributed by atoms with Gasteiger partial charge in [-0.3, -0.25) is 9.59 Å². The zero-order chi connectivity index (χ0) is 29.9. The standard InChI is InChI=1S/C31H36N6O5S/c38-19-5-7-23-21(12-19)17(14-33-23)9-10-32-30(41)25(11-18-15-34-24-8-6-20(39)13-22(18)24)35-28(40)4-2-1-3-27-29-26(16-43-27)36-31(42)37-29/h5-8,12-15,25-27,29,33-34,38-39H,1-4,9-11,16H2,(H,32,41)(H,35,40)(H2,36,37,42). The lowest BCUT2D eigenvalue weighted by atomic mass is 10.0. The molecule has 4 unspecified atom stereocenters. The molecule has 2 fully saturated rings. The number of carbonyl (C=O) groups excluding carboxylic acids is 3. The minimum atomic E-state index is -0.799. The molecule has 6 rings (SSSR count). The Morgan fingerprint density at radius 3 is 2.40 bits per heavy atom. The first kappa shape index (κ1) is 28.8. The number of rotatable bonds is 12. The van der Waals surface area contributed by atoms with E-state index >= 15 is 0 Å². The average molecular weight is 605 g/mol. The number of amides is 4. The van der Waals surface area contributed by atoms with Gasteiger partial charge in [-0.15, -0.1) is 0 Å². The Kier molecular flexibility index (Phi) is 8.37. The molecule has 0 spiro atoms. The molecule has 4 atom stereocenters. The molecule has 2 aromatic heterocycles. The molecule has 226 valence electrons. The van der Waals surface area contributed by atoms with Gasteiger partial charge in [-0.2, -0.15) is 11.8 Å². The van der Waals surface area contributed by atoms with E-state index in [0.29, 0.717) is 31.1 Å². The SMILES string of the molecule is O=C(CCCCC1SCC2NC(=O)NC21)NC(Cc1c[nH]c2ccc(O)cc12)C(=O)NCCc1c[nH]c2ccc(O)cc12. The molecule has 2 aromatic carbocycles. The lowest BCUT2D eigenvalue weighted by Crippen LogP contribution is -2.48. The summed E-state index contributed by atoms with van der Waals surface area (Å²) >= 11 is 1.86. The maximum atomic E-state index is 13.4. The highest BCUT2D eigenvalue weighted by Crippen LogP contribution is 2.33. The molecule has 2 saturated heterocycles. The van der Waals surface area contributed by atoms with Crippen LogP contribution in [0.2, 0.25) is 0 Å². The summed E-state index contributed by atoms with van der Waals surface area (Å²) in [6.45, 7) is 0.356. The van der Waals surface area contributed by atoms with Gasteiger partial charge in [-0.1, -0.05) is 6.42 Å². The van der Waals surface area contributed by atoms with Crippen molar-refractivity contribution in [2.24, 2.45) is 0 Å². The molecule has 0 aliphatic carbocycles. The first-order valence-corrected chi connectivity index (χ1v) is 15.7. The summed E-state index contributed by atoms with van der Waals surface area (Å²) in [6, 6.07) is 9.58. The van der Waals surface area contributed by atoms with Gasteiger partial charge in [-0.05, 0) is 66.8 Å². The molecule has 0 bridgehead atoms. The molecule has 4 heterocycles. The summed E-state index contributed by atoms with van der Waals surface area (Å²) in [4.78, 5) is 44.4. The van der Waals surface area contributed by atoms with Gasteiger partial charge < -0.3 is 41.4 Å². The van der Waals surface area contributed by atoms with Gasteiger partial charge in [0.2, 0.25) is 11.8 Å². The Morgan fingerprint density at radius 2 is 1.65 bits per heavy atom. The fourth-order valence-electron chi connectivity index (χ4n) is 6.12. The second-order valence-corrected chi connectivity index (χ2v) is 12.6. The number of phenolic OH excluding ortho intramolecular Hbond substituents is 2. The first-order valence-electron chi connectivity index (χ1n) is 14.7. The van der Waals surface area contributed by atoms with Crippen molar-refractivity contribution in [3.8, 4) is 11.5 Å². The third kappa shape index (κ3) is 6.53. The summed E-state index contributed by atoms with van der Waals surface area (Å²) in [7, 11) is 0. The number of benzene rings is 2. The van der Waals surface area contributed by atoms with Crippen molar-refractivity contribution in [2.45, 2.75) is 61.9 Å². The van der Waals surface area contributed by atoms with Crippen LogP contribution in [0.3, 0.4) is 0 Å². The van der Waals surface area contributed by atoms with Crippen LogP contribution in [0.25, 0.3) is 21.8 Å². The smallest absolute Gasteiger partial charge is 0.315 e. The fourth-order valence-corrected chi connectivity index (χ4v) is 7.67. The highest BCUT2D eigenvalue weighted by Gasteiger charge is 2.42. The number of carbonyl (C=O) groups is 3. The fraction of sp³-hybridized carbons (Fsp3) is 0.387. The van der Waals surface area contributed by atoms with Crippen LogP contribution in [-0.2, 0) is 22.4 Å². The topological polar surface area (TPSA) is 171 Å². The minimum absolute atomic E-state index is 0.102. The molecule has 11 nitrogen and oxygen atoms in total. The number of hydrogen-bond donors (Lipinski definition) is 8. The molecule has 8 N–H and O–H groups in total. The number of H-pyrrole nitrogens is 2. The maximum absolute atomic E-state index is 13.4. The summed E-state index contributed by atoms with van der Waals surface area (Å²) in [5, 5.41) is 33.8. The van der Waals surface area contributed by atoms with E-state index in [1.54, 1.807) is 36.5 Å². The Bertz CT molecular complexity index is 1650. The van der Waals surface area contributed by atoms with E-state index in [4.69, 9.17) is 0 Å². The number of aromatic nitrogens is 2. The molecule has 4 aromatic rings. The predicted octanol–water partition coefficient (Wildman–Crippen LogP) is 3.17. The number of aromatic amines is 2.